The van der Waals surface area contributed by atoms with E-state index >= 15 is 0 Å². The summed E-state index contributed by atoms with van der Waals surface area (Å²) in [4.78, 5) is 12.2. The molecule has 0 spiro atoms. The van der Waals surface area contributed by atoms with Crippen molar-refractivity contribution in [2.45, 2.75) is 18.3 Å². The number of halogens is 4. The molecular formula is C20H22F4N2O3S2. The Morgan fingerprint density at radius 3 is 2.48 bits per heavy atom. The van der Waals surface area contributed by atoms with E-state index in [1.54, 1.807) is 18.2 Å². The molecule has 0 aliphatic rings. The Labute approximate surface area is 182 Å². The largest absolute Gasteiger partial charge is 0.416 e. The Hall–Kier alpha value is -2.27. The molecule has 2 rings (SSSR count). The number of carbonyl (C=O) groups excluding carboxylic acids is 1. The van der Waals surface area contributed by atoms with Crippen molar-refractivity contribution in [2.24, 2.45) is 0 Å². The van der Waals surface area contributed by atoms with Gasteiger partial charge in [-0.05, 0) is 42.0 Å². The van der Waals surface area contributed by atoms with E-state index in [4.69, 9.17) is 0 Å². The number of nitrogens with one attached hydrogen (secondary N) is 1. The van der Waals surface area contributed by atoms with Crippen molar-refractivity contribution in [2.75, 3.05) is 29.4 Å². The second-order valence-electron chi connectivity index (χ2n) is 6.67. The van der Waals surface area contributed by atoms with E-state index in [0.717, 1.165) is 18.4 Å². The van der Waals surface area contributed by atoms with Gasteiger partial charge in [-0.2, -0.15) is 24.9 Å². The molecule has 0 radical (unpaired) electrons. The summed E-state index contributed by atoms with van der Waals surface area (Å²) in [5.74, 6) is 0.205. The van der Waals surface area contributed by atoms with Gasteiger partial charge in [-0.3, -0.25) is 9.10 Å². The van der Waals surface area contributed by atoms with Crippen LogP contribution >= 0.6 is 11.8 Å². The van der Waals surface area contributed by atoms with Crippen LogP contribution < -0.4 is 9.62 Å². The molecule has 0 saturated carbocycles. The predicted molar refractivity (Wildman–Crippen MR) is 114 cm³/mol. The van der Waals surface area contributed by atoms with Gasteiger partial charge in [-0.1, -0.05) is 24.3 Å². The minimum absolute atomic E-state index is 0.243. The van der Waals surface area contributed by atoms with Crippen LogP contribution in [0.15, 0.2) is 48.5 Å². The molecule has 1 amide bonds. The molecule has 11 heteroatoms. The normalized spacial score (nSPS) is 11.9. The third-order valence-corrected chi connectivity index (χ3v) is 6.39. The molecule has 2 aromatic rings. The molecule has 0 fully saturated rings. The van der Waals surface area contributed by atoms with Crippen LogP contribution in [-0.2, 0) is 26.7 Å². The number of rotatable bonds is 10. The number of sulfonamides is 1. The van der Waals surface area contributed by atoms with E-state index in [1.165, 1.54) is 23.9 Å². The SMILES string of the molecule is CS(=O)(=O)N(CC(=O)NCCCSCc1ccccc1F)c1cccc(C(F)(F)F)c1. The number of hydrogen-bond acceptors (Lipinski definition) is 4. The summed E-state index contributed by atoms with van der Waals surface area (Å²) < 4.78 is 77.0. The maximum Gasteiger partial charge on any atom is 0.416 e. The molecule has 0 heterocycles. The number of hydrogen-bond donors (Lipinski definition) is 1. The first-order valence-corrected chi connectivity index (χ1v) is 12.2. The minimum Gasteiger partial charge on any atom is -0.354 e. The summed E-state index contributed by atoms with van der Waals surface area (Å²) in [6, 6.07) is 10.2. The first-order valence-electron chi connectivity index (χ1n) is 9.21. The van der Waals surface area contributed by atoms with Gasteiger partial charge < -0.3 is 5.32 Å². The molecule has 2 aromatic carbocycles. The smallest absolute Gasteiger partial charge is 0.354 e. The Bertz CT molecular complexity index is 998. The summed E-state index contributed by atoms with van der Waals surface area (Å²) in [7, 11) is -3.98. The molecular weight excluding hydrogens is 456 g/mol. The van der Waals surface area contributed by atoms with Gasteiger partial charge in [0.25, 0.3) is 0 Å². The van der Waals surface area contributed by atoms with Gasteiger partial charge >= 0.3 is 6.18 Å². The molecule has 0 bridgehead atoms. The highest BCUT2D eigenvalue weighted by Gasteiger charge is 2.31. The fourth-order valence-electron chi connectivity index (χ4n) is 2.62. The lowest BCUT2D eigenvalue weighted by Crippen LogP contribution is -2.40. The first kappa shape index (κ1) is 25.0. The molecule has 0 aliphatic heterocycles. The standard InChI is InChI=1S/C20H22F4N2O3S2/c1-31(28,29)26(17-8-4-7-16(12-17)20(22,23)24)13-19(27)25-10-5-11-30-14-15-6-2-3-9-18(15)21/h2-4,6-9,12H,5,10-11,13-14H2,1H3,(H,25,27). The van der Waals surface area contributed by atoms with E-state index in [0.29, 0.717) is 33.9 Å². The number of thioether (sulfide) groups is 1. The lowest BCUT2D eigenvalue weighted by atomic mass is 10.2. The second-order valence-corrected chi connectivity index (χ2v) is 9.68. The zero-order valence-electron chi connectivity index (χ0n) is 16.7. The van der Waals surface area contributed by atoms with Gasteiger partial charge in [0, 0.05) is 12.3 Å². The highest BCUT2D eigenvalue weighted by molar-refractivity contribution is 7.98. The van der Waals surface area contributed by atoms with Crippen molar-refractivity contribution in [3.05, 3.63) is 65.5 Å². The third-order valence-electron chi connectivity index (χ3n) is 4.15. The van der Waals surface area contributed by atoms with E-state index < -0.39 is 34.2 Å². The van der Waals surface area contributed by atoms with E-state index in [9.17, 15) is 30.8 Å². The number of carbonyl (C=O) groups is 1. The Kier molecular flexibility index (Phi) is 8.75. The predicted octanol–water partition coefficient (Wildman–Crippen LogP) is 4.05. The summed E-state index contributed by atoms with van der Waals surface area (Å²) in [6.07, 6.45) is -3.25. The molecule has 0 aliphatic carbocycles. The van der Waals surface area contributed by atoms with Crippen molar-refractivity contribution in [3.8, 4) is 0 Å². The quantitative estimate of drug-likeness (QED) is 0.413. The van der Waals surface area contributed by atoms with E-state index in [2.05, 4.69) is 5.32 Å². The van der Waals surface area contributed by atoms with Crippen LogP contribution in [0.1, 0.15) is 17.5 Å². The van der Waals surface area contributed by atoms with Crippen molar-refractivity contribution in [3.63, 3.8) is 0 Å². The highest BCUT2D eigenvalue weighted by Crippen LogP contribution is 2.32. The Balaban J connectivity index is 1.86. The van der Waals surface area contributed by atoms with Crippen LogP contribution in [0.25, 0.3) is 0 Å². The van der Waals surface area contributed by atoms with Crippen LogP contribution in [0.5, 0.6) is 0 Å². The third kappa shape index (κ3) is 8.06. The summed E-state index contributed by atoms with van der Waals surface area (Å²) in [5.41, 5.74) is -0.666. The average Bonchev–Trinajstić information content (AvgIpc) is 2.68. The van der Waals surface area contributed by atoms with Crippen LogP contribution in [0, 0.1) is 5.82 Å². The maximum absolute atomic E-state index is 13.5. The lowest BCUT2D eigenvalue weighted by molar-refractivity contribution is -0.137. The van der Waals surface area contributed by atoms with Crippen molar-refractivity contribution in [1.29, 1.82) is 0 Å². The van der Waals surface area contributed by atoms with E-state index in [1.807, 2.05) is 0 Å². The van der Waals surface area contributed by atoms with Gasteiger partial charge in [0.15, 0.2) is 0 Å². The lowest BCUT2D eigenvalue weighted by Gasteiger charge is -2.22. The summed E-state index contributed by atoms with van der Waals surface area (Å²) in [5, 5.41) is 2.56. The fourth-order valence-corrected chi connectivity index (χ4v) is 4.42. The fraction of sp³-hybridized carbons (Fsp3) is 0.350. The summed E-state index contributed by atoms with van der Waals surface area (Å²) >= 11 is 1.49. The molecule has 31 heavy (non-hydrogen) atoms. The molecule has 1 N–H and O–H groups in total. The Morgan fingerprint density at radius 2 is 1.84 bits per heavy atom. The number of amides is 1. The maximum atomic E-state index is 13.5. The zero-order chi connectivity index (χ0) is 23.1. The molecule has 0 saturated heterocycles. The number of anilines is 1. The Morgan fingerprint density at radius 1 is 1.13 bits per heavy atom. The first-order chi connectivity index (χ1) is 14.5. The van der Waals surface area contributed by atoms with Crippen molar-refractivity contribution >= 4 is 33.4 Å². The highest BCUT2D eigenvalue weighted by atomic mass is 32.2. The van der Waals surface area contributed by atoms with E-state index in [-0.39, 0.29) is 18.0 Å². The van der Waals surface area contributed by atoms with Crippen LogP contribution in [0.2, 0.25) is 0 Å². The summed E-state index contributed by atoms with van der Waals surface area (Å²) in [6.45, 7) is -0.383. The average molecular weight is 479 g/mol. The number of nitrogens with zero attached hydrogens (tertiary/aromatic N) is 1. The van der Waals surface area contributed by atoms with Crippen LogP contribution in [-0.4, -0.2) is 39.4 Å². The van der Waals surface area contributed by atoms with Crippen LogP contribution in [0.3, 0.4) is 0 Å². The number of alkyl halides is 3. The minimum atomic E-state index is -4.64. The van der Waals surface area contributed by atoms with Gasteiger partial charge in [-0.15, -0.1) is 0 Å². The zero-order valence-corrected chi connectivity index (χ0v) is 18.3. The molecule has 0 aromatic heterocycles. The molecule has 0 unspecified atom stereocenters. The topological polar surface area (TPSA) is 66.5 Å². The van der Waals surface area contributed by atoms with Gasteiger partial charge in [0.05, 0.1) is 17.5 Å². The molecule has 5 nitrogen and oxygen atoms in total. The van der Waals surface area contributed by atoms with Crippen molar-refractivity contribution in [1.82, 2.24) is 5.32 Å². The van der Waals surface area contributed by atoms with Crippen LogP contribution in [0.4, 0.5) is 23.2 Å². The van der Waals surface area contributed by atoms with Crippen molar-refractivity contribution < 1.29 is 30.8 Å². The van der Waals surface area contributed by atoms with Gasteiger partial charge in [0.1, 0.15) is 12.4 Å². The number of benzene rings is 2. The monoisotopic (exact) mass is 478 g/mol. The molecule has 170 valence electrons. The second kappa shape index (κ2) is 10.9. The molecule has 0 atom stereocenters. The van der Waals surface area contributed by atoms with Gasteiger partial charge in [0.2, 0.25) is 15.9 Å². The van der Waals surface area contributed by atoms with Gasteiger partial charge in [-0.25, -0.2) is 12.8 Å².